The summed E-state index contributed by atoms with van der Waals surface area (Å²) in [5.41, 5.74) is 8.10. The van der Waals surface area contributed by atoms with E-state index in [4.69, 9.17) is 9.97 Å². The van der Waals surface area contributed by atoms with Crippen molar-refractivity contribution < 1.29 is 104 Å². The average molecular weight is 2050 g/mol. The van der Waals surface area contributed by atoms with Gasteiger partial charge in [0.25, 0.3) is 40.5 Å². The van der Waals surface area contributed by atoms with E-state index in [2.05, 4.69) is 64.0 Å². The number of pyridine rings is 2. The summed E-state index contributed by atoms with van der Waals surface area (Å²) in [7, 11) is -22.0. The molecule has 12 N–H and O–H groups in total. The molecule has 0 radical (unpaired) electrons. The highest BCUT2D eigenvalue weighted by Crippen LogP contribution is 2.52. The summed E-state index contributed by atoms with van der Waals surface area (Å²) in [4.78, 5) is 107. The predicted molar refractivity (Wildman–Crippen MR) is 539 cm³/mol. The number of unbranched alkanes of at least 4 members (excludes halogenated alkanes) is 7. The molecule has 0 bridgehead atoms. The van der Waals surface area contributed by atoms with E-state index in [1.807, 2.05) is 18.7 Å². The van der Waals surface area contributed by atoms with Crippen LogP contribution in [0.25, 0.3) is 21.5 Å². The lowest BCUT2D eigenvalue weighted by Crippen LogP contribution is -2.46. The second kappa shape index (κ2) is 48.3. The van der Waals surface area contributed by atoms with Crippen molar-refractivity contribution in [2.24, 2.45) is 0 Å². The fourth-order valence-corrected chi connectivity index (χ4v) is 23.3. The molecule has 1 unspecified atom stereocenters. The van der Waals surface area contributed by atoms with Gasteiger partial charge in [0.2, 0.25) is 39.3 Å². The molecule has 0 aliphatic carbocycles. The Balaban J connectivity index is 0.705. The number of aliphatic carboxylic acids is 2. The number of allylic oxidation sites excluding steroid dienone is 6. The van der Waals surface area contributed by atoms with Crippen molar-refractivity contribution in [1.82, 2.24) is 55.5 Å². The van der Waals surface area contributed by atoms with Crippen LogP contribution in [-0.4, -0.2) is 214 Å². The summed E-state index contributed by atoms with van der Waals surface area (Å²) in [5, 5.41) is 39.0. The summed E-state index contributed by atoms with van der Waals surface area (Å²) in [5.74, 6) is -2.30. The van der Waals surface area contributed by atoms with Crippen molar-refractivity contribution >= 4 is 136 Å². The number of hydrogen-bond donors (Lipinski definition) is 12. The Hall–Kier alpha value is -11.5. The smallest absolute Gasteiger partial charge is 0.303 e. The van der Waals surface area contributed by atoms with Crippen LogP contribution >= 0.6 is 0 Å². The first kappa shape index (κ1) is 109. The van der Waals surface area contributed by atoms with Gasteiger partial charge in [-0.2, -0.15) is 38.2 Å². The number of fused-ring (bicyclic) bond motifs is 8. The van der Waals surface area contributed by atoms with Gasteiger partial charge in [-0.05, 0) is 234 Å². The van der Waals surface area contributed by atoms with Gasteiger partial charge in [-0.3, -0.25) is 47.0 Å². The summed E-state index contributed by atoms with van der Waals surface area (Å²) in [6, 6.07) is 15.9. The number of carboxylic acid groups (broad SMARTS) is 2. The number of nitrogens with one attached hydrogen (secondary N) is 6. The third-order valence-corrected chi connectivity index (χ3v) is 32.0. The lowest BCUT2D eigenvalue weighted by molar-refractivity contribution is -0.437. The van der Waals surface area contributed by atoms with Crippen molar-refractivity contribution in [3.05, 3.63) is 195 Å². The molecule has 4 aromatic heterocycles. The van der Waals surface area contributed by atoms with Crippen LogP contribution in [0.2, 0.25) is 0 Å². The van der Waals surface area contributed by atoms with Crippen LogP contribution in [0.4, 0.5) is 23.0 Å². The van der Waals surface area contributed by atoms with Crippen molar-refractivity contribution in [1.29, 1.82) is 0 Å². The molecule has 142 heavy (non-hydrogen) atoms. The number of aromatic nitrogens is 6. The SMILES string of the molecule is Cc1ncc(C(CCCCCCc2nc3c(cc2CNC(=O)[C@H](CCCCNC(=O)CCC(=O)NCc2cc4c(nc2CCCCCC[C@@H](CC(=O)O)c2cnc(C)nc2)NCCC4)NC(=O)CCCN(C)S(=O)(=O)c2cccc4c5c(ccc24)N(CCCS(=O)(=O)O)/C(=C/C=C/C=C/C2=[N+](CCCS(=O)(=O)O)c4ccc6c(S(=O)(=O)O)cc(S(=O)(=O)O)cc6c4C2(C)C)C5(C)C)CCCN3)CC(=O)O)cn1. The molecule has 8 aromatic rings. The lowest BCUT2D eigenvalue weighted by atomic mass is 9.79. The van der Waals surface area contributed by atoms with Gasteiger partial charge in [0.15, 0.2) is 5.71 Å². The molecule has 4 amide bonds. The lowest BCUT2D eigenvalue weighted by Gasteiger charge is -2.27. The van der Waals surface area contributed by atoms with Crippen molar-refractivity contribution in [2.45, 2.75) is 271 Å². The first-order chi connectivity index (χ1) is 67.2. The fourth-order valence-electron chi connectivity index (χ4n) is 19.5. The molecule has 766 valence electrons. The zero-order chi connectivity index (χ0) is 103. The van der Waals surface area contributed by atoms with Crippen LogP contribution < -0.4 is 36.8 Å². The third kappa shape index (κ3) is 29.2. The van der Waals surface area contributed by atoms with Gasteiger partial charge in [0.05, 0.1) is 39.6 Å². The number of carboxylic acids is 2. The second-order valence-electron chi connectivity index (χ2n) is 38.0. The fraction of sp³-hybridized carbons (Fsp3) is 0.490. The van der Waals surface area contributed by atoms with Crippen LogP contribution in [0, 0.1) is 13.8 Å². The molecule has 0 fully saturated rings. The van der Waals surface area contributed by atoms with E-state index >= 15 is 8.42 Å². The highest BCUT2D eigenvalue weighted by molar-refractivity contribution is 7.89. The average Bonchev–Trinajstić information content (AvgIpc) is 1.56. The van der Waals surface area contributed by atoms with Crippen LogP contribution in [0.5, 0.6) is 0 Å². The highest BCUT2D eigenvalue weighted by Gasteiger charge is 2.47. The van der Waals surface area contributed by atoms with E-state index in [9.17, 15) is 90.9 Å². The Morgan fingerprint density at radius 1 is 0.542 bits per heavy atom. The molecule has 42 heteroatoms. The molecule has 4 aromatic carbocycles. The molecule has 37 nitrogen and oxygen atoms in total. The first-order valence-electron chi connectivity index (χ1n) is 48.3. The van der Waals surface area contributed by atoms with Gasteiger partial charge >= 0.3 is 11.9 Å². The van der Waals surface area contributed by atoms with Crippen LogP contribution in [0.3, 0.4) is 0 Å². The van der Waals surface area contributed by atoms with Gasteiger partial charge in [-0.15, -0.1) is 0 Å². The molecule has 4 aliphatic heterocycles. The quantitative estimate of drug-likeness (QED) is 0.00729. The largest absolute Gasteiger partial charge is 0.481 e. The van der Waals surface area contributed by atoms with E-state index in [0.29, 0.717) is 101 Å². The molecule has 12 rings (SSSR count). The minimum atomic E-state index is -5.09. The van der Waals surface area contributed by atoms with Crippen molar-refractivity contribution in [2.75, 3.05) is 73.4 Å². The maximum absolute atomic E-state index is 15.1. The van der Waals surface area contributed by atoms with E-state index in [-0.39, 0.29) is 136 Å². The number of nitrogens with zero attached hydrogens (tertiary/aromatic N) is 9. The van der Waals surface area contributed by atoms with E-state index in [1.54, 1.807) is 112 Å². The monoisotopic (exact) mass is 2050 g/mol. The number of aryl methyl sites for hydroxylation is 6. The third-order valence-electron chi connectivity index (χ3n) is 26.8. The molecule has 0 saturated heterocycles. The number of sulfonamides is 1. The number of benzene rings is 4. The zero-order valence-corrected chi connectivity index (χ0v) is 85.3. The Kier molecular flexibility index (Phi) is 37.2. The Morgan fingerprint density at radius 3 is 1.65 bits per heavy atom. The Labute approximate surface area is 830 Å². The standard InChI is InChI=1S/C100H129N15O22S5/c1-65-104-61-73(62-105-65)67(55-92(119)120)27-13-8-10-15-32-80-71(53-69-29-22-46-102-96(69)111-80)59-108-90(117)44-43-89(116)101-45-20-19-34-82(98(123)109-60-72-54-70-30-23-47-103-97(70)112-81(72)33-16-11-9-14-28-68(56-93(121)122)74-63-106-66(2)107-64-74)110-91(118)38-24-48-113(7)140(130,131)85-35-21-31-78-76(85)39-41-83-94(78)99(3,4)87(114(83)49-25-51-138(124,125)126)36-17-12-18-37-88-100(5,6)95-79-57-75(141(132,133)134)58-86(142(135,136)137)77(79)40-42-84(95)115(88)50-26-52-139(127,128)129/h12,17-18,21,31,35-37,39-42,53-54,57-58,61-64,67-68,82H,8-11,13-16,19-20,22-30,32-34,38,43-52,55-56,59-60H2,1-7H3,(H11-,101,102,103,108,109,110,111,112,116,117,118,119,120,121,122,123,124,125,126,127,128,129,132,133,134,135,136,137)/p+1/t67-,68?,82-/m0/s1. The Bertz CT molecular complexity index is 6760. The topological polar surface area (TPSA) is 554 Å². The van der Waals surface area contributed by atoms with Gasteiger partial charge in [-0.1, -0.05) is 88.8 Å². The Morgan fingerprint density at radius 2 is 1.08 bits per heavy atom. The molecule has 4 aliphatic rings. The molecular weight excluding hydrogens is 1920 g/mol. The van der Waals surface area contributed by atoms with E-state index < -0.39 is 112 Å². The normalized spacial score (nSPS) is 15.6. The minimum Gasteiger partial charge on any atom is -0.481 e. The summed E-state index contributed by atoms with van der Waals surface area (Å²) >= 11 is 0. The molecular formula is C100H130N15O22S5+. The summed E-state index contributed by atoms with van der Waals surface area (Å²) in [6.45, 7) is 12.8. The zero-order valence-electron chi connectivity index (χ0n) is 81.2. The number of hydrogen-bond acceptors (Lipinski definition) is 25. The number of amides is 4. The minimum absolute atomic E-state index is 0.00621. The van der Waals surface area contributed by atoms with E-state index in [0.717, 1.165) is 157 Å². The predicted octanol–water partition coefficient (Wildman–Crippen LogP) is 13.0. The molecule has 0 saturated carbocycles. The summed E-state index contributed by atoms with van der Waals surface area (Å²) in [6.07, 6.45) is 28.3. The molecule has 0 spiro atoms. The second-order valence-corrected chi connectivity index (χ2v) is 46.0. The summed E-state index contributed by atoms with van der Waals surface area (Å²) < 4.78 is 172. The molecule has 8 heterocycles. The van der Waals surface area contributed by atoms with Gasteiger partial charge in [0.1, 0.15) is 40.8 Å². The maximum atomic E-state index is 15.1. The highest BCUT2D eigenvalue weighted by atomic mass is 32.2. The van der Waals surface area contributed by atoms with Crippen LogP contribution in [0.1, 0.15) is 255 Å². The van der Waals surface area contributed by atoms with Crippen molar-refractivity contribution in [3.63, 3.8) is 0 Å². The van der Waals surface area contributed by atoms with Crippen molar-refractivity contribution in [3.8, 4) is 0 Å². The molecule has 3 atom stereocenters. The van der Waals surface area contributed by atoms with E-state index in [1.165, 1.54) is 25.2 Å². The van der Waals surface area contributed by atoms with Crippen LogP contribution in [-0.2, 0) is 129 Å². The van der Waals surface area contributed by atoms with Crippen LogP contribution in [0.15, 0.2) is 142 Å². The number of anilines is 3. The van der Waals surface area contributed by atoms with Gasteiger partial charge in [0, 0.05) is 160 Å². The number of rotatable bonds is 53. The maximum Gasteiger partial charge on any atom is 0.303 e. The first-order valence-corrected chi connectivity index (χ1v) is 55.9. The van der Waals surface area contributed by atoms with Gasteiger partial charge < -0.3 is 47.0 Å². The van der Waals surface area contributed by atoms with Gasteiger partial charge in [-0.25, -0.2) is 42.6 Å². The number of carbonyl (C=O) groups excluding carboxylic acids is 4. The number of carbonyl (C=O) groups is 6.